The molecule has 0 bridgehead atoms. The predicted octanol–water partition coefficient (Wildman–Crippen LogP) is 11.4. The number of ether oxygens (including phenoxy) is 1. The third kappa shape index (κ3) is 11.3. The lowest BCUT2D eigenvalue weighted by Gasteiger charge is -2.19. The van der Waals surface area contributed by atoms with Crippen LogP contribution in [0.5, 0.6) is 11.5 Å². The Hall–Kier alpha value is -3.47. The molecule has 210 valence electrons. The number of hydrogen-bond donors (Lipinski definition) is 0. The molecule has 0 heterocycles. The largest absolute Gasteiger partial charge is 0.457 e. The maximum atomic E-state index is 5.85. The van der Waals surface area contributed by atoms with E-state index in [1.165, 1.54) is 16.7 Å². The standard InChI is InChI=1S/C16H18O.C12H14.C10H13Cl/c1-16(2,3)13-9-11-15(12-10-13)17-14-7-5-4-6-8-14;1-5-10-7-6-8-11(9-10)12(2,3)4;1-10(2,3)8-5-4-6-9(11)7-8/h4-12H,1-3H3;1,6-9H,2-4H3;4-7H,1-3H3. The van der Waals surface area contributed by atoms with Crippen LogP contribution in [0.2, 0.25) is 5.02 Å². The average molecular weight is 553 g/mol. The first-order chi connectivity index (χ1) is 18.6. The highest BCUT2D eigenvalue weighted by Gasteiger charge is 2.14. The van der Waals surface area contributed by atoms with E-state index in [1.54, 1.807) is 0 Å². The van der Waals surface area contributed by atoms with Crippen LogP contribution in [0.1, 0.15) is 84.6 Å². The Kier molecular flexibility index (Phi) is 11.7. The zero-order valence-corrected chi connectivity index (χ0v) is 26.4. The van der Waals surface area contributed by atoms with Crippen molar-refractivity contribution in [2.45, 2.75) is 78.6 Å². The minimum absolute atomic E-state index is 0.186. The van der Waals surface area contributed by atoms with Gasteiger partial charge in [-0.25, -0.2) is 0 Å². The quantitative estimate of drug-likeness (QED) is 0.225. The molecule has 0 aliphatic rings. The van der Waals surface area contributed by atoms with Crippen molar-refractivity contribution in [3.05, 3.63) is 130 Å². The number of hydrogen-bond acceptors (Lipinski definition) is 1. The van der Waals surface area contributed by atoms with E-state index in [1.807, 2.05) is 72.8 Å². The first kappa shape index (κ1) is 32.7. The molecule has 0 amide bonds. The summed E-state index contributed by atoms with van der Waals surface area (Å²) in [6, 6.07) is 34.3. The smallest absolute Gasteiger partial charge is 0.127 e. The molecule has 4 aromatic carbocycles. The maximum Gasteiger partial charge on any atom is 0.127 e. The van der Waals surface area contributed by atoms with Gasteiger partial charge in [-0.15, -0.1) is 6.42 Å². The van der Waals surface area contributed by atoms with E-state index in [9.17, 15) is 0 Å². The van der Waals surface area contributed by atoms with E-state index in [-0.39, 0.29) is 16.2 Å². The maximum absolute atomic E-state index is 5.85. The van der Waals surface area contributed by atoms with Crippen molar-refractivity contribution in [1.82, 2.24) is 0 Å². The molecule has 0 atom stereocenters. The Balaban J connectivity index is 0.000000217. The van der Waals surface area contributed by atoms with E-state index in [2.05, 4.69) is 98.6 Å². The summed E-state index contributed by atoms with van der Waals surface area (Å²) in [5.41, 5.74) is 5.42. The predicted molar refractivity (Wildman–Crippen MR) is 175 cm³/mol. The van der Waals surface area contributed by atoms with E-state index in [4.69, 9.17) is 22.8 Å². The highest BCUT2D eigenvalue weighted by molar-refractivity contribution is 6.30. The molecule has 0 spiro atoms. The first-order valence-electron chi connectivity index (χ1n) is 13.8. The summed E-state index contributed by atoms with van der Waals surface area (Å²) in [6.07, 6.45) is 5.31. The fraction of sp³-hybridized carbons (Fsp3) is 0.316. The molecule has 2 heteroatoms. The monoisotopic (exact) mass is 552 g/mol. The van der Waals surface area contributed by atoms with Crippen molar-refractivity contribution in [3.63, 3.8) is 0 Å². The molecule has 0 saturated heterocycles. The van der Waals surface area contributed by atoms with Gasteiger partial charge in [-0.05, 0) is 81.5 Å². The van der Waals surface area contributed by atoms with Crippen molar-refractivity contribution in [1.29, 1.82) is 0 Å². The van der Waals surface area contributed by atoms with Crippen LogP contribution in [0.3, 0.4) is 0 Å². The molecule has 1 nitrogen and oxygen atoms in total. The Morgan fingerprint density at radius 2 is 1.00 bits per heavy atom. The van der Waals surface area contributed by atoms with E-state index >= 15 is 0 Å². The minimum atomic E-state index is 0.186. The molecule has 0 fully saturated rings. The number of para-hydroxylation sites is 1. The third-order valence-corrected chi connectivity index (χ3v) is 6.52. The van der Waals surface area contributed by atoms with Gasteiger partial charge in [0.1, 0.15) is 11.5 Å². The number of rotatable bonds is 2. The van der Waals surface area contributed by atoms with Gasteiger partial charge in [0.05, 0.1) is 0 Å². The molecule has 4 aromatic rings. The van der Waals surface area contributed by atoms with Crippen LogP contribution in [0.4, 0.5) is 0 Å². The molecule has 0 saturated carbocycles. The zero-order chi connectivity index (χ0) is 30.0. The van der Waals surface area contributed by atoms with Gasteiger partial charge < -0.3 is 4.74 Å². The lowest BCUT2D eigenvalue weighted by atomic mass is 9.86. The molecule has 0 aliphatic heterocycles. The second kappa shape index (κ2) is 14.2. The summed E-state index contributed by atoms with van der Waals surface area (Å²) >= 11 is 5.85. The lowest BCUT2D eigenvalue weighted by Crippen LogP contribution is -2.10. The van der Waals surface area contributed by atoms with Gasteiger partial charge in [0.25, 0.3) is 0 Å². The molecule has 0 N–H and O–H groups in total. The van der Waals surface area contributed by atoms with Gasteiger partial charge >= 0.3 is 0 Å². The molecule has 0 unspecified atom stereocenters. The van der Waals surface area contributed by atoms with Crippen molar-refractivity contribution in [3.8, 4) is 23.8 Å². The van der Waals surface area contributed by atoms with Gasteiger partial charge in [-0.2, -0.15) is 0 Å². The topological polar surface area (TPSA) is 9.23 Å². The van der Waals surface area contributed by atoms with Crippen LogP contribution in [-0.2, 0) is 16.2 Å². The summed E-state index contributed by atoms with van der Waals surface area (Å²) < 4.78 is 5.75. The Labute approximate surface area is 248 Å². The Morgan fingerprint density at radius 1 is 0.525 bits per heavy atom. The molecule has 0 radical (unpaired) electrons. The van der Waals surface area contributed by atoms with E-state index < -0.39 is 0 Å². The Morgan fingerprint density at radius 3 is 1.45 bits per heavy atom. The fourth-order valence-corrected chi connectivity index (χ4v) is 3.87. The van der Waals surface area contributed by atoms with Crippen molar-refractivity contribution < 1.29 is 4.74 Å². The highest BCUT2D eigenvalue weighted by atomic mass is 35.5. The lowest BCUT2D eigenvalue weighted by molar-refractivity contribution is 0.481. The second-order valence-corrected chi connectivity index (χ2v) is 13.4. The number of terminal acetylenes is 1. The van der Waals surface area contributed by atoms with Crippen molar-refractivity contribution >= 4 is 11.6 Å². The molecule has 0 aliphatic carbocycles. The SMILES string of the molecule is C#Cc1cccc(C(C)(C)C)c1.CC(C)(C)c1ccc(Oc2ccccc2)cc1.CC(C)(C)c1cccc(Cl)c1. The fourth-order valence-electron chi connectivity index (χ4n) is 3.68. The Bertz CT molecular complexity index is 1360. The van der Waals surface area contributed by atoms with Gasteiger partial charge in [0, 0.05) is 10.6 Å². The highest BCUT2D eigenvalue weighted by Crippen LogP contribution is 2.27. The first-order valence-corrected chi connectivity index (χ1v) is 14.1. The summed E-state index contributed by atoms with van der Waals surface area (Å²) in [7, 11) is 0. The number of benzene rings is 4. The van der Waals surface area contributed by atoms with Gasteiger partial charge in [-0.3, -0.25) is 0 Å². The van der Waals surface area contributed by atoms with Gasteiger partial charge in [0.15, 0.2) is 0 Å². The molecular weight excluding hydrogens is 508 g/mol. The van der Waals surface area contributed by atoms with E-state index in [0.29, 0.717) is 0 Å². The van der Waals surface area contributed by atoms with Crippen LogP contribution >= 0.6 is 11.6 Å². The van der Waals surface area contributed by atoms with Gasteiger partial charge in [-0.1, -0.05) is 134 Å². The summed E-state index contributed by atoms with van der Waals surface area (Å²) in [5, 5.41) is 0.817. The molecule has 40 heavy (non-hydrogen) atoms. The van der Waals surface area contributed by atoms with Crippen LogP contribution < -0.4 is 4.74 Å². The van der Waals surface area contributed by atoms with Crippen LogP contribution in [0.15, 0.2) is 103 Å². The van der Waals surface area contributed by atoms with Crippen molar-refractivity contribution in [2.75, 3.05) is 0 Å². The summed E-state index contributed by atoms with van der Waals surface area (Å²) in [6.45, 7) is 19.7. The molecule has 0 aromatic heterocycles. The van der Waals surface area contributed by atoms with Gasteiger partial charge in [0.2, 0.25) is 0 Å². The summed E-state index contributed by atoms with van der Waals surface area (Å²) in [4.78, 5) is 0. The number of halogens is 1. The molecular formula is C38H45ClO. The van der Waals surface area contributed by atoms with Crippen molar-refractivity contribution in [2.24, 2.45) is 0 Å². The third-order valence-electron chi connectivity index (χ3n) is 6.29. The average Bonchev–Trinajstić information content (AvgIpc) is 2.89. The van der Waals surface area contributed by atoms with Crippen LogP contribution in [0.25, 0.3) is 0 Å². The second-order valence-electron chi connectivity index (χ2n) is 12.9. The van der Waals surface area contributed by atoms with Crippen LogP contribution in [0, 0.1) is 12.3 Å². The molecule has 4 rings (SSSR count). The van der Waals surface area contributed by atoms with Crippen LogP contribution in [-0.4, -0.2) is 0 Å². The minimum Gasteiger partial charge on any atom is -0.457 e. The normalized spacial score (nSPS) is 11.2. The zero-order valence-electron chi connectivity index (χ0n) is 25.7. The summed E-state index contributed by atoms with van der Waals surface area (Å²) in [5.74, 6) is 4.39. The van der Waals surface area contributed by atoms with E-state index in [0.717, 1.165) is 22.1 Å².